The Morgan fingerprint density at radius 2 is 2.13 bits per heavy atom. The molecule has 2 unspecified atom stereocenters. The highest BCUT2D eigenvalue weighted by Gasteiger charge is 2.43. The summed E-state index contributed by atoms with van der Waals surface area (Å²) >= 11 is 1.32. The second-order valence-corrected chi connectivity index (χ2v) is 9.40. The molecule has 0 radical (unpaired) electrons. The maximum Gasteiger partial charge on any atom is 0.253 e. The third-order valence-corrected chi connectivity index (χ3v) is 8.12. The first kappa shape index (κ1) is 16.9. The molecule has 8 heteroatoms. The van der Waals surface area contributed by atoms with Crippen LogP contribution in [0.3, 0.4) is 0 Å². The molecule has 23 heavy (non-hydrogen) atoms. The average molecular weight is 358 g/mol. The number of carbonyl (C=O) groups is 1. The zero-order chi connectivity index (χ0) is 16.4. The molecule has 0 aliphatic carbocycles. The van der Waals surface area contributed by atoms with Gasteiger partial charge in [-0.25, -0.2) is 8.42 Å². The normalized spacial score (nSPS) is 25.3. The van der Waals surface area contributed by atoms with Crippen LogP contribution < -0.4 is 10.6 Å². The Labute approximate surface area is 141 Å². The largest absolute Gasteiger partial charge is 0.356 e. The van der Waals surface area contributed by atoms with E-state index >= 15 is 0 Å². The number of sulfonamides is 1. The lowest BCUT2D eigenvalue weighted by atomic mass is 10.1. The van der Waals surface area contributed by atoms with Gasteiger partial charge in [-0.1, -0.05) is 0 Å². The molecule has 0 spiro atoms. The first-order valence-electron chi connectivity index (χ1n) is 8.06. The molecule has 1 aromatic rings. The Hall–Kier alpha value is -0.960. The van der Waals surface area contributed by atoms with Crippen LogP contribution in [-0.4, -0.2) is 50.3 Å². The number of carbonyl (C=O) groups excluding carboxylic acids is 1. The molecule has 1 aromatic heterocycles. The topological polar surface area (TPSA) is 78.5 Å². The molecular formula is C15H23N3O3S2. The summed E-state index contributed by atoms with van der Waals surface area (Å²) in [5.74, 6) is -0.0666. The third-order valence-electron chi connectivity index (χ3n) is 4.50. The molecule has 2 atom stereocenters. The molecule has 2 saturated heterocycles. The van der Waals surface area contributed by atoms with Crippen LogP contribution in [-0.2, 0) is 21.2 Å². The number of thiophene rings is 1. The monoisotopic (exact) mass is 357 g/mol. The minimum Gasteiger partial charge on any atom is -0.356 e. The summed E-state index contributed by atoms with van der Waals surface area (Å²) in [6, 6.07) is 3.78. The number of fused-ring (bicyclic) bond motifs is 2. The van der Waals surface area contributed by atoms with Crippen LogP contribution in [0.5, 0.6) is 0 Å². The van der Waals surface area contributed by atoms with E-state index in [1.54, 1.807) is 10.4 Å². The Bertz CT molecular complexity index is 657. The van der Waals surface area contributed by atoms with Gasteiger partial charge in [-0.05, 0) is 44.4 Å². The van der Waals surface area contributed by atoms with Crippen LogP contribution in [0.25, 0.3) is 0 Å². The van der Waals surface area contributed by atoms with E-state index in [0.29, 0.717) is 17.2 Å². The molecule has 0 aromatic carbocycles. The molecule has 2 bridgehead atoms. The quantitative estimate of drug-likeness (QED) is 0.822. The zero-order valence-corrected chi connectivity index (χ0v) is 14.9. The van der Waals surface area contributed by atoms with E-state index in [1.165, 1.54) is 18.3 Å². The Kier molecular flexibility index (Phi) is 5.05. The van der Waals surface area contributed by atoms with Gasteiger partial charge in [-0.3, -0.25) is 4.79 Å². The number of hydrogen-bond acceptors (Lipinski definition) is 5. The highest BCUT2D eigenvalue weighted by atomic mass is 32.2. The first-order chi connectivity index (χ1) is 11.0. The van der Waals surface area contributed by atoms with Gasteiger partial charge in [0.15, 0.2) is 0 Å². The number of rotatable bonds is 5. The molecule has 2 fully saturated rings. The van der Waals surface area contributed by atoms with Crippen molar-refractivity contribution >= 4 is 27.3 Å². The van der Waals surface area contributed by atoms with E-state index in [0.717, 1.165) is 37.2 Å². The second-order valence-electron chi connectivity index (χ2n) is 6.17. The van der Waals surface area contributed by atoms with E-state index in [9.17, 15) is 13.2 Å². The van der Waals surface area contributed by atoms with E-state index in [2.05, 4.69) is 10.6 Å². The predicted octanol–water partition coefficient (Wildman–Crippen LogP) is 0.942. The van der Waals surface area contributed by atoms with Gasteiger partial charge in [0.05, 0.1) is 0 Å². The van der Waals surface area contributed by atoms with Crippen molar-refractivity contribution in [2.75, 3.05) is 19.6 Å². The summed E-state index contributed by atoms with van der Waals surface area (Å²) in [5.41, 5.74) is 0. The maximum absolute atomic E-state index is 13.0. The molecule has 0 saturated carbocycles. The van der Waals surface area contributed by atoms with Crippen molar-refractivity contribution in [3.63, 3.8) is 0 Å². The van der Waals surface area contributed by atoms with Gasteiger partial charge >= 0.3 is 0 Å². The lowest BCUT2D eigenvalue weighted by molar-refractivity contribution is -0.118. The van der Waals surface area contributed by atoms with Gasteiger partial charge in [0, 0.05) is 37.0 Å². The van der Waals surface area contributed by atoms with E-state index in [4.69, 9.17) is 0 Å². The summed E-state index contributed by atoms with van der Waals surface area (Å²) in [5, 5.41) is 6.07. The Morgan fingerprint density at radius 1 is 1.35 bits per heavy atom. The molecule has 1 amide bonds. The van der Waals surface area contributed by atoms with Crippen molar-refractivity contribution in [1.82, 2.24) is 14.9 Å². The third kappa shape index (κ3) is 3.60. The van der Waals surface area contributed by atoms with Crippen LogP contribution in [0.2, 0.25) is 0 Å². The van der Waals surface area contributed by atoms with E-state index in [-0.39, 0.29) is 18.0 Å². The van der Waals surface area contributed by atoms with Crippen molar-refractivity contribution in [3.8, 4) is 0 Å². The number of nitrogens with one attached hydrogen (secondary N) is 2. The molecule has 3 heterocycles. The molecule has 2 aliphatic heterocycles. The fraction of sp³-hybridized carbons (Fsp3) is 0.667. The Morgan fingerprint density at radius 3 is 2.91 bits per heavy atom. The van der Waals surface area contributed by atoms with Crippen molar-refractivity contribution in [2.45, 2.75) is 48.9 Å². The second kappa shape index (κ2) is 6.88. The standard InChI is InChI=1S/C15H23N3O3S2/c1-11(19)17-9-7-14-4-5-15(22-14)23(20,21)18-12-2-3-13(18)10-16-8-6-12/h4-5,12-13,16H,2-3,6-10H2,1H3,(H,17,19). The Balaban J connectivity index is 1.75. The minimum atomic E-state index is -3.42. The van der Waals surface area contributed by atoms with Gasteiger partial charge in [-0.2, -0.15) is 4.31 Å². The lowest BCUT2D eigenvalue weighted by Gasteiger charge is -2.26. The number of nitrogens with zero attached hydrogens (tertiary/aromatic N) is 1. The molecule has 3 rings (SSSR count). The van der Waals surface area contributed by atoms with Crippen LogP contribution in [0.1, 0.15) is 31.1 Å². The molecule has 128 valence electrons. The van der Waals surface area contributed by atoms with E-state index in [1.807, 2.05) is 6.07 Å². The van der Waals surface area contributed by atoms with Gasteiger partial charge in [0.1, 0.15) is 4.21 Å². The van der Waals surface area contributed by atoms with Crippen molar-refractivity contribution < 1.29 is 13.2 Å². The fourth-order valence-corrected chi connectivity index (χ4v) is 6.79. The molecule has 2 aliphatic rings. The highest BCUT2D eigenvalue weighted by Crippen LogP contribution is 2.35. The summed E-state index contributed by atoms with van der Waals surface area (Å²) in [6.07, 6.45) is 3.45. The SMILES string of the molecule is CC(=O)NCCc1ccc(S(=O)(=O)N2C3CCNCC2CC3)s1. The van der Waals surface area contributed by atoms with Crippen LogP contribution in [0, 0.1) is 0 Å². The van der Waals surface area contributed by atoms with Crippen molar-refractivity contribution in [3.05, 3.63) is 17.0 Å². The smallest absolute Gasteiger partial charge is 0.253 e. The summed E-state index contributed by atoms with van der Waals surface area (Å²) < 4.78 is 28.2. The van der Waals surface area contributed by atoms with Gasteiger partial charge in [0.25, 0.3) is 10.0 Å². The lowest BCUT2D eigenvalue weighted by Crippen LogP contribution is -2.42. The highest BCUT2D eigenvalue weighted by molar-refractivity contribution is 7.91. The molecule has 2 N–H and O–H groups in total. The zero-order valence-electron chi connectivity index (χ0n) is 13.2. The maximum atomic E-state index is 13.0. The summed E-state index contributed by atoms with van der Waals surface area (Å²) in [6.45, 7) is 3.65. The first-order valence-corrected chi connectivity index (χ1v) is 10.3. The van der Waals surface area contributed by atoms with Gasteiger partial charge in [0.2, 0.25) is 5.91 Å². The average Bonchev–Trinajstić information content (AvgIpc) is 3.03. The summed E-state index contributed by atoms with van der Waals surface area (Å²) in [7, 11) is -3.42. The minimum absolute atomic E-state index is 0.0666. The van der Waals surface area contributed by atoms with Gasteiger partial charge < -0.3 is 10.6 Å². The number of hydrogen-bond donors (Lipinski definition) is 2. The molecular weight excluding hydrogens is 334 g/mol. The van der Waals surface area contributed by atoms with E-state index < -0.39 is 10.0 Å². The molecule has 6 nitrogen and oxygen atoms in total. The predicted molar refractivity (Wildman–Crippen MR) is 90.0 cm³/mol. The fourth-order valence-electron chi connectivity index (χ4n) is 3.43. The van der Waals surface area contributed by atoms with Crippen LogP contribution in [0.15, 0.2) is 16.3 Å². The van der Waals surface area contributed by atoms with Gasteiger partial charge in [-0.15, -0.1) is 11.3 Å². The number of amides is 1. The van der Waals surface area contributed by atoms with Crippen LogP contribution in [0.4, 0.5) is 0 Å². The summed E-state index contributed by atoms with van der Waals surface area (Å²) in [4.78, 5) is 11.9. The van der Waals surface area contributed by atoms with Crippen molar-refractivity contribution in [1.29, 1.82) is 0 Å². The van der Waals surface area contributed by atoms with Crippen molar-refractivity contribution in [2.24, 2.45) is 0 Å². The van der Waals surface area contributed by atoms with Crippen LogP contribution >= 0.6 is 11.3 Å².